The minimum absolute atomic E-state index is 0.162. The Morgan fingerprint density at radius 1 is 1.29 bits per heavy atom. The van der Waals surface area contributed by atoms with Gasteiger partial charge in [-0.05, 0) is 44.9 Å². The molecule has 144 valence electrons. The summed E-state index contributed by atoms with van der Waals surface area (Å²) < 4.78 is 27.9. The maximum absolute atomic E-state index is 13.9. The van der Waals surface area contributed by atoms with E-state index in [1.807, 2.05) is 13.8 Å². The maximum atomic E-state index is 13.9. The first-order chi connectivity index (χ1) is 13.4. The molecule has 4 aromatic rings. The number of hydrogen-bond donors (Lipinski definition) is 0. The van der Waals surface area contributed by atoms with Gasteiger partial charge in [-0.3, -0.25) is 9.20 Å². The van der Waals surface area contributed by atoms with Crippen molar-refractivity contribution in [1.82, 2.24) is 24.1 Å². The summed E-state index contributed by atoms with van der Waals surface area (Å²) in [6.07, 6.45) is 3.16. The Morgan fingerprint density at radius 2 is 2.07 bits per heavy atom. The summed E-state index contributed by atoms with van der Waals surface area (Å²) in [6.45, 7) is 3.75. The van der Waals surface area contributed by atoms with Gasteiger partial charge in [0.05, 0.1) is 11.0 Å². The highest BCUT2D eigenvalue weighted by molar-refractivity contribution is 5.83. The van der Waals surface area contributed by atoms with Gasteiger partial charge >= 0.3 is 0 Å². The third-order valence-electron chi connectivity index (χ3n) is 5.29. The number of aromatic nitrogens is 5. The van der Waals surface area contributed by atoms with Crippen LogP contribution in [0.5, 0.6) is 0 Å². The van der Waals surface area contributed by atoms with E-state index in [4.69, 9.17) is 9.26 Å². The van der Waals surface area contributed by atoms with E-state index in [2.05, 4.69) is 15.1 Å². The molecule has 1 aliphatic carbocycles. The molecule has 0 saturated heterocycles. The average molecular weight is 383 g/mol. The molecular weight excluding hydrogens is 365 g/mol. The van der Waals surface area contributed by atoms with Crippen LogP contribution in [0.15, 0.2) is 33.8 Å². The lowest BCUT2D eigenvalue weighted by atomic mass is 10.2. The highest BCUT2D eigenvalue weighted by Crippen LogP contribution is 2.47. The largest absolute Gasteiger partial charge is 0.370 e. The van der Waals surface area contributed by atoms with E-state index in [0.29, 0.717) is 28.1 Å². The molecule has 9 heteroatoms. The minimum atomic E-state index is -0.500. The summed E-state index contributed by atoms with van der Waals surface area (Å²) >= 11 is 0. The van der Waals surface area contributed by atoms with Crippen LogP contribution in [0.3, 0.4) is 0 Å². The molecule has 3 aromatic heterocycles. The Hall–Kier alpha value is -3.07. The second kappa shape index (κ2) is 5.71. The van der Waals surface area contributed by atoms with Crippen molar-refractivity contribution in [3.05, 3.63) is 46.5 Å². The van der Waals surface area contributed by atoms with Gasteiger partial charge in [-0.1, -0.05) is 5.16 Å². The lowest BCUT2D eigenvalue weighted by molar-refractivity contribution is 0.0689. The number of imidazole rings is 1. The molecule has 1 fully saturated rings. The van der Waals surface area contributed by atoms with Gasteiger partial charge in [-0.25, -0.2) is 9.37 Å². The summed E-state index contributed by atoms with van der Waals surface area (Å²) in [5.74, 6) is 0.213. The Morgan fingerprint density at radius 3 is 2.75 bits per heavy atom. The quantitative estimate of drug-likeness (QED) is 0.538. The Bertz CT molecular complexity index is 1280. The van der Waals surface area contributed by atoms with Crippen LogP contribution in [0.1, 0.15) is 38.6 Å². The van der Waals surface area contributed by atoms with E-state index < -0.39 is 11.4 Å². The van der Waals surface area contributed by atoms with Crippen molar-refractivity contribution in [2.45, 2.75) is 38.3 Å². The highest BCUT2D eigenvalue weighted by atomic mass is 19.1. The van der Waals surface area contributed by atoms with Crippen molar-refractivity contribution in [3.8, 4) is 11.6 Å². The fraction of sp³-hybridized carbons (Fsp3) is 0.368. The molecule has 0 radical (unpaired) electrons. The smallest absolute Gasteiger partial charge is 0.279 e. The van der Waals surface area contributed by atoms with Crippen LogP contribution in [0.25, 0.3) is 28.1 Å². The first kappa shape index (κ1) is 17.1. The van der Waals surface area contributed by atoms with Gasteiger partial charge in [0.2, 0.25) is 5.82 Å². The zero-order valence-corrected chi connectivity index (χ0v) is 15.6. The van der Waals surface area contributed by atoms with E-state index in [-0.39, 0.29) is 17.5 Å². The highest BCUT2D eigenvalue weighted by Gasteiger charge is 2.49. The lowest BCUT2D eigenvalue weighted by Crippen LogP contribution is -2.24. The number of ether oxygens (including phenoxy) is 1. The first-order valence-corrected chi connectivity index (χ1v) is 9.06. The van der Waals surface area contributed by atoms with E-state index in [1.165, 1.54) is 18.5 Å². The number of halogens is 1. The summed E-state index contributed by atoms with van der Waals surface area (Å²) in [6, 6.07) is 4.17. The van der Waals surface area contributed by atoms with Crippen molar-refractivity contribution in [3.63, 3.8) is 0 Å². The maximum Gasteiger partial charge on any atom is 0.279 e. The van der Waals surface area contributed by atoms with Crippen LogP contribution < -0.4 is 5.56 Å². The first-order valence-electron chi connectivity index (χ1n) is 9.06. The van der Waals surface area contributed by atoms with Crippen molar-refractivity contribution < 1.29 is 13.7 Å². The Balaban J connectivity index is 1.80. The molecule has 0 amide bonds. The van der Waals surface area contributed by atoms with Crippen LogP contribution in [-0.4, -0.2) is 31.2 Å². The topological polar surface area (TPSA) is 87.5 Å². The standard InChI is InChI=1S/C19H18FN5O3/c1-10(2)25-13-8-11(20)4-5-12(13)24-9-21-14(15(24)17(25)26)16-22-18(23-28-16)19(27-3)6-7-19/h4-5,8-10H,6-7H2,1-3H3. The fourth-order valence-corrected chi connectivity index (χ4v) is 3.66. The van der Waals surface area contributed by atoms with Crippen molar-refractivity contribution in [2.75, 3.05) is 7.11 Å². The number of fused-ring (bicyclic) bond motifs is 3. The molecule has 1 aromatic carbocycles. The van der Waals surface area contributed by atoms with Crippen molar-refractivity contribution in [1.29, 1.82) is 0 Å². The molecule has 0 aliphatic heterocycles. The molecular formula is C19H18FN5O3. The molecule has 28 heavy (non-hydrogen) atoms. The van der Waals surface area contributed by atoms with E-state index in [0.717, 1.165) is 12.8 Å². The number of hydrogen-bond acceptors (Lipinski definition) is 6. The second-order valence-electron chi connectivity index (χ2n) is 7.34. The molecule has 0 spiro atoms. The normalized spacial score (nSPS) is 15.8. The molecule has 0 unspecified atom stereocenters. The van der Waals surface area contributed by atoms with Gasteiger partial charge in [0, 0.05) is 13.2 Å². The van der Waals surface area contributed by atoms with Gasteiger partial charge in [0.15, 0.2) is 5.69 Å². The number of nitrogens with zero attached hydrogens (tertiary/aromatic N) is 5. The fourth-order valence-electron chi connectivity index (χ4n) is 3.66. The van der Waals surface area contributed by atoms with Gasteiger partial charge < -0.3 is 13.8 Å². The van der Waals surface area contributed by atoms with E-state index >= 15 is 0 Å². The molecule has 3 heterocycles. The number of rotatable bonds is 4. The van der Waals surface area contributed by atoms with Gasteiger partial charge in [0.25, 0.3) is 11.4 Å². The lowest BCUT2D eigenvalue weighted by Gasteiger charge is -2.15. The minimum Gasteiger partial charge on any atom is -0.370 e. The number of benzene rings is 1. The van der Waals surface area contributed by atoms with Gasteiger partial charge in [-0.2, -0.15) is 4.98 Å². The zero-order valence-electron chi connectivity index (χ0n) is 15.6. The monoisotopic (exact) mass is 383 g/mol. The molecule has 0 bridgehead atoms. The van der Waals surface area contributed by atoms with Crippen LogP contribution in [-0.2, 0) is 10.3 Å². The molecule has 1 aliphatic rings. The second-order valence-corrected chi connectivity index (χ2v) is 7.34. The average Bonchev–Trinajstić information content (AvgIpc) is 3.10. The van der Waals surface area contributed by atoms with Crippen LogP contribution in [0.2, 0.25) is 0 Å². The van der Waals surface area contributed by atoms with Crippen LogP contribution in [0, 0.1) is 5.82 Å². The summed E-state index contributed by atoms with van der Waals surface area (Å²) in [4.78, 5) is 22.1. The van der Waals surface area contributed by atoms with E-state index in [9.17, 15) is 9.18 Å². The summed E-state index contributed by atoms with van der Waals surface area (Å²) in [7, 11) is 1.61. The Labute approximate surface area is 158 Å². The van der Waals surface area contributed by atoms with Crippen molar-refractivity contribution in [2.24, 2.45) is 0 Å². The molecule has 0 atom stereocenters. The third kappa shape index (κ3) is 2.26. The molecule has 0 N–H and O–H groups in total. The zero-order chi connectivity index (χ0) is 19.6. The third-order valence-corrected chi connectivity index (χ3v) is 5.29. The molecule has 1 saturated carbocycles. The predicted molar refractivity (Wildman–Crippen MR) is 98.5 cm³/mol. The van der Waals surface area contributed by atoms with Crippen LogP contribution in [0.4, 0.5) is 4.39 Å². The SMILES string of the molecule is COC1(c2noc(-c3ncn4c3c(=O)n(C(C)C)c3cc(F)ccc34)n2)CC1. The molecule has 8 nitrogen and oxygen atoms in total. The number of methoxy groups -OCH3 is 1. The summed E-state index contributed by atoms with van der Waals surface area (Å²) in [5.41, 5.74) is 0.979. The van der Waals surface area contributed by atoms with Crippen molar-refractivity contribution >= 4 is 16.6 Å². The van der Waals surface area contributed by atoms with Gasteiger partial charge in [0.1, 0.15) is 23.3 Å². The predicted octanol–water partition coefficient (Wildman–Crippen LogP) is 3.05. The molecule has 5 rings (SSSR count). The van der Waals surface area contributed by atoms with Crippen LogP contribution >= 0.6 is 0 Å². The van der Waals surface area contributed by atoms with Gasteiger partial charge in [-0.15, -0.1) is 0 Å². The van der Waals surface area contributed by atoms with E-state index in [1.54, 1.807) is 22.1 Å². The Kier molecular flexibility index (Phi) is 3.48. The summed E-state index contributed by atoms with van der Waals surface area (Å²) in [5, 5.41) is 4.03.